The van der Waals surface area contributed by atoms with Crippen LogP contribution < -0.4 is 0 Å². The monoisotopic (exact) mass is 225 g/mol. The van der Waals surface area contributed by atoms with Crippen LogP contribution in [0, 0.1) is 0 Å². The van der Waals surface area contributed by atoms with Crippen molar-refractivity contribution in [3.63, 3.8) is 0 Å². The van der Waals surface area contributed by atoms with E-state index in [0.29, 0.717) is 12.2 Å². The number of rotatable bonds is 6. The highest BCUT2D eigenvalue weighted by molar-refractivity contribution is 5.84. The van der Waals surface area contributed by atoms with Gasteiger partial charge in [0.2, 0.25) is 0 Å². The van der Waals surface area contributed by atoms with Gasteiger partial charge in [-0.05, 0) is 20.3 Å². The SMILES string of the molecule is CCCC(O)C(=O)Cc1ncnn1C(C)C. The van der Waals surface area contributed by atoms with E-state index in [0.717, 1.165) is 6.42 Å². The first-order valence-electron chi connectivity index (χ1n) is 5.65. The van der Waals surface area contributed by atoms with Crippen LogP contribution in [0.25, 0.3) is 0 Å². The maximum absolute atomic E-state index is 11.6. The summed E-state index contributed by atoms with van der Waals surface area (Å²) >= 11 is 0. The largest absolute Gasteiger partial charge is 0.385 e. The topological polar surface area (TPSA) is 68.0 Å². The Morgan fingerprint density at radius 1 is 1.56 bits per heavy atom. The normalized spacial score (nSPS) is 13.1. The van der Waals surface area contributed by atoms with Gasteiger partial charge in [0.25, 0.3) is 0 Å². The van der Waals surface area contributed by atoms with Crippen LogP contribution in [0.1, 0.15) is 45.5 Å². The van der Waals surface area contributed by atoms with Crippen molar-refractivity contribution in [1.82, 2.24) is 14.8 Å². The molecule has 0 radical (unpaired) electrons. The molecule has 1 atom stereocenters. The molecular formula is C11H19N3O2. The molecule has 1 heterocycles. The molecule has 1 aromatic heterocycles. The fourth-order valence-corrected chi connectivity index (χ4v) is 1.54. The Kier molecular flexibility index (Phi) is 4.61. The fourth-order valence-electron chi connectivity index (χ4n) is 1.54. The average molecular weight is 225 g/mol. The average Bonchev–Trinajstić information content (AvgIpc) is 2.66. The molecule has 0 saturated heterocycles. The number of aromatic nitrogens is 3. The van der Waals surface area contributed by atoms with E-state index in [1.165, 1.54) is 6.33 Å². The molecule has 0 spiro atoms. The lowest BCUT2D eigenvalue weighted by Gasteiger charge is -2.11. The van der Waals surface area contributed by atoms with Gasteiger partial charge < -0.3 is 5.11 Å². The van der Waals surface area contributed by atoms with Gasteiger partial charge in [-0.1, -0.05) is 13.3 Å². The Bertz CT molecular complexity index is 347. The van der Waals surface area contributed by atoms with Crippen LogP contribution in [-0.2, 0) is 11.2 Å². The van der Waals surface area contributed by atoms with Crippen LogP contribution in [-0.4, -0.2) is 31.8 Å². The minimum absolute atomic E-state index is 0.152. The predicted molar refractivity (Wildman–Crippen MR) is 60.0 cm³/mol. The number of Topliss-reactive ketones (excluding diaryl/α,β-unsaturated/α-hetero) is 1. The maximum Gasteiger partial charge on any atom is 0.168 e. The molecule has 0 bridgehead atoms. The zero-order chi connectivity index (χ0) is 12.1. The van der Waals surface area contributed by atoms with Crippen molar-refractivity contribution in [3.05, 3.63) is 12.2 Å². The summed E-state index contributed by atoms with van der Waals surface area (Å²) in [4.78, 5) is 15.7. The number of ketones is 1. The van der Waals surface area contributed by atoms with E-state index in [-0.39, 0.29) is 18.2 Å². The summed E-state index contributed by atoms with van der Waals surface area (Å²) in [6, 6.07) is 0.175. The molecule has 1 unspecified atom stereocenters. The molecule has 0 aliphatic rings. The summed E-state index contributed by atoms with van der Waals surface area (Å²) in [5.74, 6) is 0.437. The zero-order valence-electron chi connectivity index (χ0n) is 10.1. The summed E-state index contributed by atoms with van der Waals surface area (Å²) < 4.78 is 1.70. The molecule has 0 aliphatic carbocycles. The lowest BCUT2D eigenvalue weighted by atomic mass is 10.1. The Morgan fingerprint density at radius 3 is 2.81 bits per heavy atom. The van der Waals surface area contributed by atoms with Crippen molar-refractivity contribution in [2.75, 3.05) is 0 Å². The fraction of sp³-hybridized carbons (Fsp3) is 0.727. The highest BCUT2D eigenvalue weighted by atomic mass is 16.3. The minimum atomic E-state index is -0.873. The van der Waals surface area contributed by atoms with Crippen LogP contribution >= 0.6 is 0 Å². The number of aliphatic hydroxyl groups is 1. The number of hydrogen-bond donors (Lipinski definition) is 1. The van der Waals surface area contributed by atoms with Gasteiger partial charge in [0.1, 0.15) is 18.3 Å². The molecule has 5 heteroatoms. The van der Waals surface area contributed by atoms with Crippen LogP contribution in [0.4, 0.5) is 0 Å². The first kappa shape index (κ1) is 12.8. The van der Waals surface area contributed by atoms with E-state index < -0.39 is 6.10 Å². The van der Waals surface area contributed by atoms with E-state index in [4.69, 9.17) is 0 Å². The number of carbonyl (C=O) groups is 1. The molecule has 90 valence electrons. The summed E-state index contributed by atoms with van der Waals surface area (Å²) in [5.41, 5.74) is 0. The number of carbonyl (C=O) groups excluding carboxylic acids is 1. The molecule has 0 aromatic carbocycles. The van der Waals surface area contributed by atoms with Crippen LogP contribution in [0.3, 0.4) is 0 Å². The van der Waals surface area contributed by atoms with Gasteiger partial charge in [-0.3, -0.25) is 4.79 Å². The molecule has 1 aromatic rings. The van der Waals surface area contributed by atoms with Gasteiger partial charge in [-0.25, -0.2) is 9.67 Å². The zero-order valence-corrected chi connectivity index (χ0v) is 10.1. The molecule has 16 heavy (non-hydrogen) atoms. The van der Waals surface area contributed by atoms with Crippen LogP contribution in [0.5, 0.6) is 0 Å². The molecule has 1 rings (SSSR count). The van der Waals surface area contributed by atoms with Gasteiger partial charge in [-0.2, -0.15) is 5.10 Å². The molecular weight excluding hydrogens is 206 g/mol. The Morgan fingerprint density at radius 2 is 2.25 bits per heavy atom. The van der Waals surface area contributed by atoms with Gasteiger partial charge in [0.15, 0.2) is 5.78 Å². The quantitative estimate of drug-likeness (QED) is 0.788. The molecule has 1 N–H and O–H groups in total. The molecule has 5 nitrogen and oxygen atoms in total. The number of hydrogen-bond acceptors (Lipinski definition) is 4. The first-order valence-corrected chi connectivity index (χ1v) is 5.65. The maximum atomic E-state index is 11.6. The van der Waals surface area contributed by atoms with Crippen LogP contribution in [0.15, 0.2) is 6.33 Å². The lowest BCUT2D eigenvalue weighted by Crippen LogP contribution is -2.24. The second-order valence-corrected chi connectivity index (χ2v) is 4.16. The molecule has 0 saturated carbocycles. The lowest BCUT2D eigenvalue weighted by molar-refractivity contribution is -0.126. The van der Waals surface area contributed by atoms with Crippen LogP contribution in [0.2, 0.25) is 0 Å². The summed E-state index contributed by atoms with van der Waals surface area (Å²) in [7, 11) is 0. The van der Waals surface area contributed by atoms with Crippen molar-refractivity contribution in [2.24, 2.45) is 0 Å². The third kappa shape index (κ3) is 3.13. The second-order valence-electron chi connectivity index (χ2n) is 4.16. The van der Waals surface area contributed by atoms with E-state index in [2.05, 4.69) is 10.1 Å². The second kappa shape index (κ2) is 5.75. The standard InChI is InChI=1S/C11H19N3O2/c1-4-5-9(15)10(16)6-11-12-7-13-14(11)8(2)3/h7-9,15H,4-6H2,1-3H3. The van der Waals surface area contributed by atoms with E-state index in [9.17, 15) is 9.90 Å². The van der Waals surface area contributed by atoms with Gasteiger partial charge >= 0.3 is 0 Å². The Labute approximate surface area is 95.5 Å². The minimum Gasteiger partial charge on any atom is -0.385 e. The Balaban J connectivity index is 2.66. The molecule has 0 amide bonds. The van der Waals surface area contributed by atoms with E-state index in [1.54, 1.807) is 4.68 Å². The highest BCUT2D eigenvalue weighted by Crippen LogP contribution is 2.08. The van der Waals surface area contributed by atoms with Gasteiger partial charge in [0, 0.05) is 6.04 Å². The van der Waals surface area contributed by atoms with Gasteiger partial charge in [0.05, 0.1) is 6.42 Å². The summed E-state index contributed by atoms with van der Waals surface area (Å²) in [6.45, 7) is 5.89. The highest BCUT2D eigenvalue weighted by Gasteiger charge is 2.18. The third-order valence-corrected chi connectivity index (χ3v) is 2.40. The smallest absolute Gasteiger partial charge is 0.168 e. The van der Waals surface area contributed by atoms with Crippen molar-refractivity contribution in [2.45, 2.75) is 52.2 Å². The van der Waals surface area contributed by atoms with Crippen molar-refractivity contribution < 1.29 is 9.90 Å². The third-order valence-electron chi connectivity index (χ3n) is 2.40. The molecule has 0 aliphatic heterocycles. The summed E-state index contributed by atoms with van der Waals surface area (Å²) in [6.07, 6.45) is 2.02. The van der Waals surface area contributed by atoms with Crippen molar-refractivity contribution in [3.8, 4) is 0 Å². The first-order chi connectivity index (χ1) is 7.56. The number of nitrogens with zero attached hydrogens (tertiary/aromatic N) is 3. The van der Waals surface area contributed by atoms with Crippen molar-refractivity contribution in [1.29, 1.82) is 0 Å². The predicted octanol–water partition coefficient (Wildman–Crippen LogP) is 1.13. The van der Waals surface area contributed by atoms with E-state index >= 15 is 0 Å². The Hall–Kier alpha value is -1.23. The van der Waals surface area contributed by atoms with Crippen molar-refractivity contribution >= 4 is 5.78 Å². The van der Waals surface area contributed by atoms with Gasteiger partial charge in [-0.15, -0.1) is 0 Å². The number of aliphatic hydroxyl groups excluding tert-OH is 1. The molecule has 0 fully saturated rings. The summed E-state index contributed by atoms with van der Waals surface area (Å²) in [5, 5.41) is 13.6. The van der Waals surface area contributed by atoms with E-state index in [1.807, 2.05) is 20.8 Å².